The first kappa shape index (κ1) is 17.2. The molecular weight excluding hydrogens is 392 g/mol. The third-order valence-electron chi connectivity index (χ3n) is 5.18. The summed E-state index contributed by atoms with van der Waals surface area (Å²) in [6.45, 7) is 9.46. The van der Waals surface area contributed by atoms with Crippen LogP contribution in [0.2, 0.25) is 13.1 Å². The fourth-order valence-corrected chi connectivity index (χ4v) is 10.7. The molecule has 0 spiro atoms. The summed E-state index contributed by atoms with van der Waals surface area (Å²) >= 11 is 1.96. The Labute approximate surface area is 162 Å². The van der Waals surface area contributed by atoms with Gasteiger partial charge in [-0.05, 0) is 23.9 Å². The number of fused-ring (bicyclic) bond motifs is 1. The van der Waals surface area contributed by atoms with E-state index in [9.17, 15) is 0 Å². The molecule has 1 aliphatic carbocycles. The SMILES string of the molecule is CC1=C2c3ccsc3C1[Si]2(C)C.Cc1cc2ccccc2[cH-]1.[Zr]. The molecule has 6 rings (SSSR count). The van der Waals surface area contributed by atoms with E-state index >= 15 is 0 Å². The summed E-state index contributed by atoms with van der Waals surface area (Å²) in [6, 6.07) is 15.2. The molecule has 0 nitrogen and oxygen atoms in total. The Morgan fingerprint density at radius 2 is 1.83 bits per heavy atom. The zero-order valence-corrected chi connectivity index (χ0v) is 18.4. The van der Waals surface area contributed by atoms with Crippen LogP contribution in [0.15, 0.2) is 53.4 Å². The van der Waals surface area contributed by atoms with Crippen LogP contribution in [0.5, 0.6) is 0 Å². The molecule has 3 heterocycles. The fourth-order valence-electron chi connectivity index (χ4n) is 4.40. The third kappa shape index (κ3) is 2.52. The molecule has 3 heteroatoms. The molecule has 3 aromatic rings. The smallest absolute Gasteiger partial charge is 0.0941 e. The van der Waals surface area contributed by atoms with E-state index in [2.05, 4.69) is 74.8 Å². The maximum Gasteiger partial charge on any atom is 0.0941 e. The second-order valence-electron chi connectivity index (χ2n) is 7.07. The van der Waals surface area contributed by atoms with E-state index in [1.807, 2.05) is 11.3 Å². The van der Waals surface area contributed by atoms with Gasteiger partial charge in [0.25, 0.3) is 0 Å². The van der Waals surface area contributed by atoms with Crippen LogP contribution in [0.25, 0.3) is 16.0 Å². The van der Waals surface area contributed by atoms with Gasteiger partial charge < -0.3 is 0 Å². The molecule has 0 N–H and O–H groups in total. The second-order valence-corrected chi connectivity index (χ2v) is 12.5. The van der Waals surface area contributed by atoms with Crippen molar-refractivity contribution in [2.75, 3.05) is 0 Å². The van der Waals surface area contributed by atoms with E-state index in [1.54, 1.807) is 21.2 Å². The molecule has 0 saturated carbocycles. The Hall–Kier alpha value is -0.630. The topological polar surface area (TPSA) is 0 Å². The molecular formula is C20H21SSiZr-. The number of allylic oxidation sites excluding steroid dienone is 1. The van der Waals surface area contributed by atoms with Crippen molar-refractivity contribution >= 4 is 35.4 Å². The summed E-state index contributed by atoms with van der Waals surface area (Å²) in [5.41, 5.74) is 5.54. The number of thiophene rings is 1. The number of hydrogen-bond donors (Lipinski definition) is 0. The van der Waals surface area contributed by atoms with Gasteiger partial charge in [-0.1, -0.05) is 36.9 Å². The second kappa shape index (κ2) is 6.02. The summed E-state index contributed by atoms with van der Waals surface area (Å²) in [4.78, 5) is 1.68. The zero-order chi connectivity index (χ0) is 15.5. The molecule has 1 unspecified atom stereocenters. The van der Waals surface area contributed by atoms with Gasteiger partial charge in [-0.25, -0.2) is 0 Å². The summed E-state index contributed by atoms with van der Waals surface area (Å²) in [5, 5.41) is 6.71. The molecule has 0 fully saturated rings. The van der Waals surface area contributed by atoms with Crippen LogP contribution in [0.4, 0.5) is 0 Å². The molecule has 0 radical (unpaired) electrons. The van der Waals surface area contributed by atoms with Gasteiger partial charge in [-0.15, -0.1) is 51.9 Å². The average Bonchev–Trinajstić information content (AvgIpc) is 3.13. The number of benzene rings is 1. The Bertz CT molecular complexity index is 864. The molecule has 0 saturated heterocycles. The van der Waals surface area contributed by atoms with Crippen LogP contribution < -0.4 is 0 Å². The molecule has 0 amide bonds. The Morgan fingerprint density at radius 1 is 1.09 bits per heavy atom. The van der Waals surface area contributed by atoms with Crippen LogP contribution in [0.1, 0.15) is 28.5 Å². The Morgan fingerprint density at radius 3 is 2.48 bits per heavy atom. The van der Waals surface area contributed by atoms with E-state index in [0.717, 1.165) is 5.54 Å². The predicted octanol–water partition coefficient (Wildman–Crippen LogP) is 6.28. The summed E-state index contributed by atoms with van der Waals surface area (Å²) in [6.07, 6.45) is 0. The molecule has 2 bridgehead atoms. The fraction of sp³-hybridized carbons (Fsp3) is 0.250. The van der Waals surface area contributed by atoms with E-state index < -0.39 is 8.07 Å². The minimum Gasteiger partial charge on any atom is -0.165 e. The van der Waals surface area contributed by atoms with Crippen molar-refractivity contribution in [1.82, 2.24) is 0 Å². The third-order valence-corrected chi connectivity index (χ3v) is 10.5. The Kier molecular flexibility index (Phi) is 4.50. The van der Waals surface area contributed by atoms with Gasteiger partial charge in [0.15, 0.2) is 0 Å². The normalized spacial score (nSPS) is 19.6. The van der Waals surface area contributed by atoms with Gasteiger partial charge >= 0.3 is 0 Å². The number of rotatable bonds is 0. The minimum atomic E-state index is -0.972. The predicted molar refractivity (Wildman–Crippen MR) is 101 cm³/mol. The molecule has 1 aromatic heterocycles. The maximum absolute atomic E-state index is 2.51. The minimum absolute atomic E-state index is 0. The van der Waals surface area contributed by atoms with E-state index in [0.29, 0.717) is 0 Å². The summed E-state index contributed by atoms with van der Waals surface area (Å²) in [5.74, 6) is 0. The first-order valence-corrected chi connectivity index (χ1v) is 11.9. The van der Waals surface area contributed by atoms with E-state index in [-0.39, 0.29) is 26.2 Å². The van der Waals surface area contributed by atoms with Crippen LogP contribution in [-0.4, -0.2) is 8.07 Å². The monoisotopic (exact) mass is 411 g/mol. The van der Waals surface area contributed by atoms with Crippen molar-refractivity contribution in [1.29, 1.82) is 0 Å². The van der Waals surface area contributed by atoms with Gasteiger partial charge in [0.2, 0.25) is 0 Å². The molecule has 2 aliphatic heterocycles. The zero-order valence-electron chi connectivity index (χ0n) is 14.1. The molecule has 3 aliphatic rings. The van der Waals surface area contributed by atoms with Gasteiger partial charge in [0, 0.05) is 36.6 Å². The largest absolute Gasteiger partial charge is 0.165 e. The molecule has 116 valence electrons. The van der Waals surface area contributed by atoms with Crippen molar-refractivity contribution < 1.29 is 26.2 Å². The van der Waals surface area contributed by atoms with Gasteiger partial charge in [0.1, 0.15) is 0 Å². The van der Waals surface area contributed by atoms with Gasteiger partial charge in [0.05, 0.1) is 8.07 Å². The maximum atomic E-state index is 2.51. The van der Waals surface area contributed by atoms with Crippen molar-refractivity contribution in [3.05, 3.63) is 69.4 Å². The van der Waals surface area contributed by atoms with Crippen molar-refractivity contribution in [3.63, 3.8) is 0 Å². The van der Waals surface area contributed by atoms with Gasteiger partial charge in [-0.3, -0.25) is 0 Å². The molecule has 1 atom stereocenters. The first-order chi connectivity index (χ1) is 10.5. The molecule has 2 aromatic carbocycles. The summed E-state index contributed by atoms with van der Waals surface area (Å²) < 4.78 is 0. The average molecular weight is 413 g/mol. The van der Waals surface area contributed by atoms with Gasteiger partial charge in [-0.2, -0.15) is 6.07 Å². The quantitative estimate of drug-likeness (QED) is 0.301. The first-order valence-electron chi connectivity index (χ1n) is 7.91. The van der Waals surface area contributed by atoms with Crippen molar-refractivity contribution in [2.45, 2.75) is 32.5 Å². The van der Waals surface area contributed by atoms with Crippen LogP contribution in [0.3, 0.4) is 0 Å². The van der Waals surface area contributed by atoms with E-state index in [1.165, 1.54) is 16.3 Å². The number of hydrogen-bond acceptors (Lipinski definition) is 1. The van der Waals surface area contributed by atoms with Crippen molar-refractivity contribution in [2.24, 2.45) is 0 Å². The standard InChI is InChI=1S/C10H12SSi.C10H9.Zr/c1-6-9-7-4-5-11-8(7)10(6)12(9,2)3;1-8-6-9-4-2-3-5-10(9)7-8;/h4-5,10H,1-3H3;2-7H,1H3;/q;-1;. The van der Waals surface area contributed by atoms with Crippen molar-refractivity contribution in [3.8, 4) is 0 Å². The van der Waals surface area contributed by atoms with Crippen LogP contribution in [0, 0.1) is 6.92 Å². The molecule has 23 heavy (non-hydrogen) atoms. The number of aryl methyl sites for hydroxylation is 1. The Balaban J connectivity index is 0.000000132. The summed E-state index contributed by atoms with van der Waals surface area (Å²) in [7, 11) is -0.972. The van der Waals surface area contributed by atoms with Crippen LogP contribution >= 0.6 is 11.3 Å². The van der Waals surface area contributed by atoms with E-state index in [4.69, 9.17) is 0 Å². The van der Waals surface area contributed by atoms with Crippen LogP contribution in [-0.2, 0) is 26.2 Å².